The average Bonchev–Trinajstić information content (AvgIpc) is 3.42. The van der Waals surface area contributed by atoms with Crippen molar-refractivity contribution in [2.24, 2.45) is 32.3 Å². The monoisotopic (exact) mass is 748 g/mol. The molecule has 1 aromatic carbocycles. The number of ether oxygens (including phenoxy) is 7. The topological polar surface area (TPSA) is 297 Å². The Kier molecular flexibility index (Phi) is 13.9. The summed E-state index contributed by atoms with van der Waals surface area (Å²) in [5.41, 5.74) is 37.5. The third-order valence-corrected chi connectivity index (χ3v) is 11.7. The number of hydrogen-bond acceptors (Lipinski definition) is 13. The molecule has 4 aliphatic rings. The zero-order valence-electron chi connectivity index (χ0n) is 27.7. The maximum atomic E-state index is 13.1. The first kappa shape index (κ1) is 38.7. The fourth-order valence-corrected chi connectivity index (χ4v) is 8.51. The predicted molar refractivity (Wildman–Crippen MR) is 182 cm³/mol. The number of rotatable bonds is 13. The molecular formula is C28H38N12O9P2. The van der Waals surface area contributed by atoms with E-state index in [1.54, 1.807) is 37.3 Å². The minimum Gasteiger partial charge on any atom is -0.453 e. The molecule has 3 aliphatic heterocycles. The van der Waals surface area contributed by atoms with Crippen LogP contribution in [0.1, 0.15) is 30.6 Å². The van der Waals surface area contributed by atoms with Crippen LogP contribution in [0.5, 0.6) is 0 Å². The Morgan fingerprint density at radius 1 is 0.902 bits per heavy atom. The second-order valence-electron chi connectivity index (χ2n) is 12.3. The molecule has 1 N–H and O–H groups in total. The van der Waals surface area contributed by atoms with Gasteiger partial charge in [0.05, 0.1) is 61.3 Å². The molecule has 17 atom stereocenters. The molecule has 0 radical (unpaired) electrons. The Labute approximate surface area is 294 Å². The van der Waals surface area contributed by atoms with Crippen LogP contribution in [-0.2, 0) is 33.2 Å². The minimum absolute atomic E-state index is 0.109. The molecule has 23 heteroatoms. The van der Waals surface area contributed by atoms with Crippen molar-refractivity contribution in [2.75, 3.05) is 19.8 Å². The summed E-state index contributed by atoms with van der Waals surface area (Å²) < 4.78 is 42.8. The fourth-order valence-electron chi connectivity index (χ4n) is 6.71. The highest BCUT2D eigenvalue weighted by Gasteiger charge is 2.54. The summed E-state index contributed by atoms with van der Waals surface area (Å²) in [6, 6.07) is 4.72. The molecule has 21 nitrogen and oxygen atoms in total. The van der Waals surface area contributed by atoms with E-state index in [9.17, 15) is 26.5 Å². The summed E-state index contributed by atoms with van der Waals surface area (Å²) in [6.45, 7) is 5.69. The Balaban J connectivity index is 1.41. The molecule has 0 bridgehead atoms. The van der Waals surface area contributed by atoms with Gasteiger partial charge in [-0.1, -0.05) is 60.8 Å². The zero-order chi connectivity index (χ0) is 36.5. The fraction of sp³-hybridized carbons (Fsp3) is 0.750. The van der Waals surface area contributed by atoms with E-state index >= 15 is 0 Å². The largest absolute Gasteiger partial charge is 0.453 e. The highest BCUT2D eigenvalue weighted by atomic mass is 32.0. The lowest BCUT2D eigenvalue weighted by molar-refractivity contribution is -0.329. The summed E-state index contributed by atoms with van der Waals surface area (Å²) >= 11 is 0. The molecular weight excluding hydrogens is 710 g/mol. The molecule has 3 heterocycles. The molecule has 1 aliphatic carbocycles. The van der Waals surface area contributed by atoms with Crippen molar-refractivity contribution in [3.05, 3.63) is 77.7 Å². The van der Waals surface area contributed by atoms with Crippen LogP contribution in [0.3, 0.4) is 0 Å². The van der Waals surface area contributed by atoms with Gasteiger partial charge in [0.1, 0.15) is 12.2 Å². The van der Waals surface area contributed by atoms with E-state index in [-0.39, 0.29) is 25.1 Å². The van der Waals surface area contributed by atoms with E-state index < -0.39 is 97.3 Å². The number of carbonyl (C=O) groups excluding carboxylic acids is 1. The molecule has 8 unspecified atom stereocenters. The van der Waals surface area contributed by atoms with Gasteiger partial charge >= 0.3 is 5.97 Å². The molecule has 3 saturated heterocycles. The van der Waals surface area contributed by atoms with Gasteiger partial charge in [0.15, 0.2) is 24.7 Å². The van der Waals surface area contributed by atoms with Crippen LogP contribution < -0.4 is 0 Å². The van der Waals surface area contributed by atoms with Crippen LogP contribution >= 0.6 is 16.5 Å². The second kappa shape index (κ2) is 18.3. The van der Waals surface area contributed by atoms with Gasteiger partial charge in [0, 0.05) is 25.6 Å². The van der Waals surface area contributed by atoms with Crippen LogP contribution in [0.4, 0.5) is 0 Å². The van der Waals surface area contributed by atoms with Crippen LogP contribution in [0, 0.1) is 11.8 Å². The van der Waals surface area contributed by atoms with E-state index in [1.807, 2.05) is 13.6 Å². The van der Waals surface area contributed by atoms with E-state index in [0.717, 1.165) is 0 Å². The first-order valence-corrected chi connectivity index (χ1v) is 19.7. The maximum absolute atomic E-state index is 13.1. The minimum atomic E-state index is -1.65. The summed E-state index contributed by atoms with van der Waals surface area (Å²) in [5, 5.41) is 27.1. The Morgan fingerprint density at radius 2 is 1.57 bits per heavy atom. The Hall–Kier alpha value is -3.49. The van der Waals surface area contributed by atoms with Gasteiger partial charge in [0.25, 0.3) is 0 Å². The van der Waals surface area contributed by atoms with Gasteiger partial charge in [-0.05, 0) is 61.5 Å². The lowest BCUT2D eigenvalue weighted by Gasteiger charge is -2.49. The molecule has 0 amide bonds. The maximum Gasteiger partial charge on any atom is 0.338 e. The van der Waals surface area contributed by atoms with Crippen molar-refractivity contribution in [3.63, 3.8) is 0 Å². The molecule has 1 aromatic rings. The number of aliphatic hydroxyl groups is 1. The lowest BCUT2D eigenvalue weighted by Crippen LogP contribution is -2.63. The first-order valence-electron chi connectivity index (χ1n) is 16.1. The van der Waals surface area contributed by atoms with Crippen molar-refractivity contribution in [1.29, 1.82) is 0 Å². The zero-order valence-corrected chi connectivity index (χ0v) is 29.7. The lowest BCUT2D eigenvalue weighted by atomic mass is 9.83. The van der Waals surface area contributed by atoms with E-state index in [1.165, 1.54) is 0 Å². The van der Waals surface area contributed by atoms with E-state index in [0.29, 0.717) is 16.5 Å². The van der Waals surface area contributed by atoms with Crippen molar-refractivity contribution in [2.45, 2.75) is 99.7 Å². The van der Waals surface area contributed by atoms with Gasteiger partial charge in [0.2, 0.25) is 0 Å². The molecule has 51 heavy (non-hydrogen) atoms. The van der Waals surface area contributed by atoms with Crippen molar-refractivity contribution in [1.82, 2.24) is 0 Å². The van der Waals surface area contributed by atoms with Gasteiger partial charge in [-0.15, -0.1) is 0 Å². The quantitative estimate of drug-likeness (QED) is 0.0884. The Bertz CT molecular complexity index is 1560. The number of benzene rings is 1. The van der Waals surface area contributed by atoms with Gasteiger partial charge < -0.3 is 38.3 Å². The first-order chi connectivity index (χ1) is 24.7. The normalized spacial score (nSPS) is 39.3. The highest BCUT2D eigenvalue weighted by Crippen LogP contribution is 2.45. The molecule has 5 rings (SSSR count). The number of esters is 1. The number of aliphatic hydroxyl groups excluding tert-OH is 1. The summed E-state index contributed by atoms with van der Waals surface area (Å²) in [7, 11) is 1.05. The predicted octanol–water partition coefficient (Wildman–Crippen LogP) is 5.42. The van der Waals surface area contributed by atoms with Crippen molar-refractivity contribution in [3.8, 4) is 0 Å². The molecule has 1 saturated carbocycles. The van der Waals surface area contributed by atoms with Crippen LogP contribution in [0.25, 0.3) is 41.8 Å². The van der Waals surface area contributed by atoms with Gasteiger partial charge in [-0.25, -0.2) is 4.79 Å². The van der Waals surface area contributed by atoms with Crippen molar-refractivity contribution >= 4 is 22.5 Å². The summed E-state index contributed by atoms with van der Waals surface area (Å²) in [5.74, 6) is -1.61. The SMILES string of the molecule is CPPC1OCC2O[C@H](O[C@@H]3C(N=[N+]=[N-])C[C@@H](N=[N+]=[N-])C(O[C@@H]4O[C@H](CN=[N+]=[N-])[C@H](C)C4OC(=O)c4ccccc4)[C@H]3O)C(N=[N+]=[N-])[C@@H](C)[C@@H]2O1. The summed E-state index contributed by atoms with van der Waals surface area (Å²) in [4.78, 5) is 24.7. The third kappa shape index (κ3) is 8.94. The van der Waals surface area contributed by atoms with Crippen LogP contribution in [0.15, 0.2) is 50.8 Å². The van der Waals surface area contributed by atoms with Crippen LogP contribution in [0.2, 0.25) is 0 Å². The molecule has 0 aromatic heterocycles. The van der Waals surface area contributed by atoms with Crippen LogP contribution in [-0.4, -0.2) is 110 Å². The number of nitrogens with zero attached hydrogens (tertiary/aromatic N) is 12. The highest BCUT2D eigenvalue weighted by molar-refractivity contribution is 8.11. The molecule has 274 valence electrons. The number of carbonyl (C=O) groups is 1. The third-order valence-electron chi connectivity index (χ3n) is 9.31. The number of hydrogen-bond donors (Lipinski definition) is 1. The Morgan fingerprint density at radius 3 is 2.20 bits per heavy atom. The average molecular weight is 749 g/mol. The number of azide groups is 4. The van der Waals surface area contributed by atoms with Crippen molar-refractivity contribution < 1.29 is 43.1 Å². The smallest absolute Gasteiger partial charge is 0.338 e. The number of fused-ring (bicyclic) bond motifs is 1. The molecule has 4 fully saturated rings. The van der Waals surface area contributed by atoms with Gasteiger partial charge in [-0.2, -0.15) is 0 Å². The molecule has 0 spiro atoms. The second-order valence-corrected chi connectivity index (χ2v) is 15.9. The van der Waals surface area contributed by atoms with E-state index in [2.05, 4.69) is 40.1 Å². The standard InChI is InChI=1S/C28H38N12O9P2/c1-12-17(10-33-37-29)44-27(22(12)46-25(42)14-7-5-4-6-8-14)48-24-16(35-39-31)9-15(34-38-30)23(20(24)41)47-26-19(36-40-32)13(2)21-18(45-26)11-43-28(49-21)51-50-3/h4-8,12-13,15-24,26-28,41,50-51H,9-11H2,1-3H3/t12-,13+,15?,16+,17+,18?,19?,20-,21-,22?,23+,24?,26+,27-,28?/m0/s1. The van der Waals surface area contributed by atoms with E-state index in [4.69, 9.17) is 38.7 Å². The van der Waals surface area contributed by atoms with Gasteiger partial charge in [-0.3, -0.25) is 0 Å². The summed E-state index contributed by atoms with van der Waals surface area (Å²) in [6.07, 6.45) is -9.88.